The highest BCUT2D eigenvalue weighted by Crippen LogP contribution is 2.42. The molecule has 5 nitrogen and oxygen atoms in total. The summed E-state index contributed by atoms with van der Waals surface area (Å²) in [7, 11) is 0. The van der Waals surface area contributed by atoms with Crippen LogP contribution >= 0.6 is 15.9 Å². The standard InChI is InChI=1S/C13H12BrN3O2/c1-7-2-5-9(6-10(7)14)17-12(8-3-4-8)11(13(18)19)15-16-17/h2,5-6,8H,3-4H2,1H3,(H,18,19). The van der Waals surface area contributed by atoms with Gasteiger partial charge in [0.05, 0.1) is 11.4 Å². The van der Waals surface area contributed by atoms with Crippen molar-refractivity contribution in [3.63, 3.8) is 0 Å². The molecule has 0 aliphatic heterocycles. The molecular formula is C13H12BrN3O2. The van der Waals surface area contributed by atoms with Gasteiger partial charge in [-0.05, 0) is 37.5 Å². The van der Waals surface area contributed by atoms with Gasteiger partial charge in [0.15, 0.2) is 5.69 Å². The zero-order valence-electron chi connectivity index (χ0n) is 10.3. The van der Waals surface area contributed by atoms with Gasteiger partial charge < -0.3 is 5.11 Å². The second-order valence-electron chi connectivity index (χ2n) is 4.75. The third-order valence-electron chi connectivity index (χ3n) is 3.27. The van der Waals surface area contributed by atoms with E-state index < -0.39 is 5.97 Å². The van der Waals surface area contributed by atoms with Crippen LogP contribution in [0.15, 0.2) is 22.7 Å². The Labute approximate surface area is 118 Å². The number of aryl methyl sites for hydroxylation is 1. The molecule has 1 fully saturated rings. The summed E-state index contributed by atoms with van der Waals surface area (Å²) in [6.45, 7) is 2.00. The molecule has 19 heavy (non-hydrogen) atoms. The highest BCUT2D eigenvalue weighted by Gasteiger charge is 2.34. The van der Waals surface area contributed by atoms with Gasteiger partial charge in [0.25, 0.3) is 0 Å². The van der Waals surface area contributed by atoms with E-state index in [9.17, 15) is 9.90 Å². The predicted octanol–water partition coefficient (Wildman–Crippen LogP) is 2.91. The van der Waals surface area contributed by atoms with Crippen molar-refractivity contribution < 1.29 is 9.90 Å². The van der Waals surface area contributed by atoms with Crippen molar-refractivity contribution >= 4 is 21.9 Å². The van der Waals surface area contributed by atoms with Crippen LogP contribution < -0.4 is 0 Å². The minimum Gasteiger partial charge on any atom is -0.476 e. The Hall–Kier alpha value is -1.69. The number of halogens is 1. The molecule has 1 aromatic carbocycles. The monoisotopic (exact) mass is 321 g/mol. The summed E-state index contributed by atoms with van der Waals surface area (Å²) in [6.07, 6.45) is 2.00. The summed E-state index contributed by atoms with van der Waals surface area (Å²) in [6, 6.07) is 5.83. The molecule has 3 rings (SSSR count). The third kappa shape index (κ3) is 2.16. The molecule has 0 radical (unpaired) electrons. The predicted molar refractivity (Wildman–Crippen MR) is 72.7 cm³/mol. The van der Waals surface area contributed by atoms with E-state index in [1.807, 2.05) is 25.1 Å². The number of carboxylic acid groups (broad SMARTS) is 1. The molecule has 1 N–H and O–H groups in total. The summed E-state index contributed by atoms with van der Waals surface area (Å²) in [4.78, 5) is 11.2. The average molecular weight is 322 g/mol. The maximum absolute atomic E-state index is 11.2. The van der Waals surface area contributed by atoms with Crippen LogP contribution in [-0.2, 0) is 0 Å². The van der Waals surface area contributed by atoms with E-state index in [0.29, 0.717) is 5.69 Å². The fourth-order valence-corrected chi connectivity index (χ4v) is 2.44. The number of carboxylic acids is 1. The molecule has 1 heterocycles. The van der Waals surface area contributed by atoms with Crippen molar-refractivity contribution in [3.05, 3.63) is 39.6 Å². The molecule has 1 aliphatic carbocycles. The third-order valence-corrected chi connectivity index (χ3v) is 4.13. The topological polar surface area (TPSA) is 68.0 Å². The van der Waals surface area contributed by atoms with Gasteiger partial charge in [0.1, 0.15) is 0 Å². The van der Waals surface area contributed by atoms with E-state index in [4.69, 9.17) is 0 Å². The van der Waals surface area contributed by atoms with Gasteiger partial charge in [-0.3, -0.25) is 0 Å². The summed E-state index contributed by atoms with van der Waals surface area (Å²) in [5, 5.41) is 17.0. The van der Waals surface area contributed by atoms with Crippen LogP contribution in [0.2, 0.25) is 0 Å². The molecule has 0 spiro atoms. The first-order valence-electron chi connectivity index (χ1n) is 6.03. The normalized spacial score (nSPS) is 14.6. The van der Waals surface area contributed by atoms with E-state index in [0.717, 1.165) is 28.6 Å². The second-order valence-corrected chi connectivity index (χ2v) is 5.60. The lowest BCUT2D eigenvalue weighted by Gasteiger charge is -2.07. The number of carbonyl (C=O) groups is 1. The van der Waals surface area contributed by atoms with Crippen LogP contribution in [0.5, 0.6) is 0 Å². The molecular weight excluding hydrogens is 310 g/mol. The molecule has 1 aliphatic rings. The van der Waals surface area contributed by atoms with Gasteiger partial charge in [-0.15, -0.1) is 5.10 Å². The van der Waals surface area contributed by atoms with Gasteiger partial charge in [-0.2, -0.15) is 0 Å². The zero-order valence-corrected chi connectivity index (χ0v) is 11.9. The van der Waals surface area contributed by atoms with Crippen molar-refractivity contribution in [1.29, 1.82) is 0 Å². The van der Waals surface area contributed by atoms with Gasteiger partial charge in [-0.1, -0.05) is 27.2 Å². The number of aromatic carboxylic acids is 1. The van der Waals surface area contributed by atoms with Gasteiger partial charge in [-0.25, -0.2) is 9.48 Å². The van der Waals surface area contributed by atoms with Gasteiger partial charge in [0, 0.05) is 10.4 Å². The molecule has 0 atom stereocenters. The molecule has 0 unspecified atom stereocenters. The summed E-state index contributed by atoms with van der Waals surface area (Å²) < 4.78 is 2.62. The Morgan fingerprint density at radius 1 is 1.47 bits per heavy atom. The molecule has 0 saturated heterocycles. The first-order valence-corrected chi connectivity index (χ1v) is 6.82. The van der Waals surface area contributed by atoms with Crippen LogP contribution in [0.1, 0.15) is 40.5 Å². The Kier molecular flexibility index (Phi) is 2.89. The van der Waals surface area contributed by atoms with Crippen LogP contribution in [0.4, 0.5) is 0 Å². The summed E-state index contributed by atoms with van der Waals surface area (Å²) in [5.41, 5.74) is 2.73. The largest absolute Gasteiger partial charge is 0.476 e. The van der Waals surface area contributed by atoms with Crippen molar-refractivity contribution in [2.75, 3.05) is 0 Å². The minimum atomic E-state index is -1.01. The molecule has 0 amide bonds. The highest BCUT2D eigenvalue weighted by atomic mass is 79.9. The quantitative estimate of drug-likeness (QED) is 0.943. The summed E-state index contributed by atoms with van der Waals surface area (Å²) >= 11 is 3.48. The number of hydrogen-bond donors (Lipinski definition) is 1. The van der Waals surface area contributed by atoms with Crippen molar-refractivity contribution in [1.82, 2.24) is 15.0 Å². The molecule has 2 aromatic rings. The molecule has 0 bridgehead atoms. The first-order chi connectivity index (χ1) is 9.08. The summed E-state index contributed by atoms with van der Waals surface area (Å²) in [5.74, 6) is -0.750. The average Bonchev–Trinajstić information content (AvgIpc) is 3.11. The first kappa shape index (κ1) is 12.3. The number of aromatic nitrogens is 3. The number of benzene rings is 1. The molecule has 98 valence electrons. The van der Waals surface area contributed by atoms with E-state index in [1.165, 1.54) is 0 Å². The van der Waals surface area contributed by atoms with E-state index in [1.54, 1.807) is 4.68 Å². The van der Waals surface area contributed by atoms with Gasteiger partial charge in [0.2, 0.25) is 0 Å². The highest BCUT2D eigenvalue weighted by molar-refractivity contribution is 9.10. The smallest absolute Gasteiger partial charge is 0.358 e. The lowest BCUT2D eigenvalue weighted by atomic mass is 10.2. The number of hydrogen-bond acceptors (Lipinski definition) is 3. The second kappa shape index (κ2) is 4.45. The Morgan fingerprint density at radius 2 is 2.21 bits per heavy atom. The number of nitrogens with zero attached hydrogens (tertiary/aromatic N) is 3. The maximum atomic E-state index is 11.2. The Bertz CT molecular complexity index is 662. The van der Waals surface area contributed by atoms with Crippen molar-refractivity contribution in [3.8, 4) is 5.69 Å². The van der Waals surface area contributed by atoms with Crippen LogP contribution in [0.25, 0.3) is 5.69 Å². The van der Waals surface area contributed by atoms with E-state index >= 15 is 0 Å². The van der Waals surface area contributed by atoms with Crippen LogP contribution in [0.3, 0.4) is 0 Å². The Morgan fingerprint density at radius 3 is 2.79 bits per heavy atom. The van der Waals surface area contributed by atoms with Gasteiger partial charge >= 0.3 is 5.97 Å². The SMILES string of the molecule is Cc1ccc(-n2nnc(C(=O)O)c2C2CC2)cc1Br. The number of rotatable bonds is 3. The van der Waals surface area contributed by atoms with Crippen LogP contribution in [0, 0.1) is 6.92 Å². The maximum Gasteiger partial charge on any atom is 0.358 e. The van der Waals surface area contributed by atoms with E-state index in [2.05, 4.69) is 26.2 Å². The van der Waals surface area contributed by atoms with Crippen molar-refractivity contribution in [2.24, 2.45) is 0 Å². The lowest BCUT2D eigenvalue weighted by Crippen LogP contribution is -2.06. The van der Waals surface area contributed by atoms with Crippen molar-refractivity contribution in [2.45, 2.75) is 25.7 Å². The Balaban J connectivity index is 2.14. The zero-order chi connectivity index (χ0) is 13.6. The molecule has 1 aromatic heterocycles. The molecule has 1 saturated carbocycles. The fraction of sp³-hybridized carbons (Fsp3) is 0.308. The molecule has 6 heteroatoms. The lowest BCUT2D eigenvalue weighted by molar-refractivity contribution is 0.0689. The van der Waals surface area contributed by atoms with Crippen LogP contribution in [-0.4, -0.2) is 26.1 Å². The fourth-order valence-electron chi connectivity index (χ4n) is 2.07. The minimum absolute atomic E-state index is 0.0687. The van der Waals surface area contributed by atoms with E-state index in [-0.39, 0.29) is 11.6 Å².